The van der Waals surface area contributed by atoms with Gasteiger partial charge in [-0.15, -0.1) is 0 Å². The van der Waals surface area contributed by atoms with E-state index in [9.17, 15) is 18.7 Å². The first-order valence-electron chi connectivity index (χ1n) is 12.1. The summed E-state index contributed by atoms with van der Waals surface area (Å²) < 4.78 is 27.6. The second-order valence-electron chi connectivity index (χ2n) is 8.97. The summed E-state index contributed by atoms with van der Waals surface area (Å²) in [7, 11) is 0. The van der Waals surface area contributed by atoms with Gasteiger partial charge in [0.2, 0.25) is 0 Å². The highest BCUT2D eigenvalue weighted by Gasteiger charge is 2.23. The van der Waals surface area contributed by atoms with Crippen LogP contribution in [0.2, 0.25) is 5.02 Å². The molecule has 0 fully saturated rings. The molecule has 37 heavy (non-hydrogen) atoms. The zero-order valence-electron chi connectivity index (χ0n) is 20.3. The molecule has 0 aliphatic heterocycles. The molecule has 4 aromatic rings. The van der Waals surface area contributed by atoms with Crippen molar-refractivity contribution >= 4 is 28.4 Å². The molecule has 2 atom stereocenters. The predicted octanol–water partition coefficient (Wildman–Crippen LogP) is 5.22. The van der Waals surface area contributed by atoms with Crippen LogP contribution in [0.15, 0.2) is 72.8 Å². The molecule has 192 valence electrons. The zero-order valence-corrected chi connectivity index (χ0v) is 21.1. The maximum atomic E-state index is 13.8. The normalized spacial score (nSPS) is 12.9. The van der Waals surface area contributed by atoms with Crippen LogP contribution in [0.5, 0.6) is 0 Å². The number of aliphatic hydroxyl groups is 1. The van der Waals surface area contributed by atoms with E-state index in [0.717, 1.165) is 23.4 Å². The number of carbonyl (C=O) groups excluding carboxylic acids is 1. The van der Waals surface area contributed by atoms with Crippen molar-refractivity contribution in [3.05, 3.63) is 112 Å². The Labute approximate surface area is 219 Å². The molecular weight excluding hydrogens is 496 g/mol. The van der Waals surface area contributed by atoms with Gasteiger partial charge in [-0.25, -0.2) is 13.8 Å². The fourth-order valence-electron chi connectivity index (χ4n) is 4.19. The number of pyridine rings is 1. The average Bonchev–Trinajstić information content (AvgIpc) is 2.87. The number of halogens is 3. The number of aryl methyl sites for hydroxylation is 1. The van der Waals surface area contributed by atoms with Crippen molar-refractivity contribution in [2.45, 2.75) is 38.5 Å². The van der Waals surface area contributed by atoms with Gasteiger partial charge >= 0.3 is 0 Å². The van der Waals surface area contributed by atoms with Gasteiger partial charge in [-0.05, 0) is 59.9 Å². The monoisotopic (exact) mass is 523 g/mol. The van der Waals surface area contributed by atoms with Crippen LogP contribution < -0.4 is 10.6 Å². The third-order valence-electron chi connectivity index (χ3n) is 6.13. The van der Waals surface area contributed by atoms with E-state index in [2.05, 4.69) is 34.7 Å². The van der Waals surface area contributed by atoms with Gasteiger partial charge in [0.05, 0.1) is 17.7 Å². The molecule has 3 aromatic carbocycles. The SMILES string of the molecule is CCc1cccc(CNCC(O)C(Cc2cc(F)cc(F)c2)NC(=O)c2ccc3ccc(Cl)cc3n2)c1. The first kappa shape index (κ1) is 26.7. The van der Waals surface area contributed by atoms with Gasteiger partial charge in [0, 0.05) is 29.6 Å². The molecule has 0 spiro atoms. The van der Waals surface area contributed by atoms with E-state index >= 15 is 0 Å². The first-order chi connectivity index (χ1) is 17.8. The standard InChI is InChI=1S/C29H28ClF2N3O2/c1-2-18-4-3-5-19(10-18)16-33-17-28(36)27(13-20-11-23(31)15-24(32)12-20)35-29(37)25-9-7-21-6-8-22(30)14-26(21)34-25/h3-12,14-15,27-28,33,36H,2,13,16-17H2,1H3,(H,35,37). The third kappa shape index (κ3) is 7.32. The number of hydrogen-bond donors (Lipinski definition) is 3. The summed E-state index contributed by atoms with van der Waals surface area (Å²) in [6.07, 6.45) is -0.0999. The van der Waals surface area contributed by atoms with Gasteiger partial charge in [0.25, 0.3) is 5.91 Å². The van der Waals surface area contributed by atoms with Crippen LogP contribution in [0.4, 0.5) is 8.78 Å². The highest BCUT2D eigenvalue weighted by molar-refractivity contribution is 6.31. The smallest absolute Gasteiger partial charge is 0.270 e. The number of carbonyl (C=O) groups is 1. The molecule has 5 nitrogen and oxygen atoms in total. The Balaban J connectivity index is 1.50. The topological polar surface area (TPSA) is 74.2 Å². The van der Waals surface area contributed by atoms with Gasteiger partial charge in [0.1, 0.15) is 17.3 Å². The number of nitrogens with zero attached hydrogens (tertiary/aromatic N) is 1. The lowest BCUT2D eigenvalue weighted by atomic mass is 10.00. The average molecular weight is 524 g/mol. The van der Waals surface area contributed by atoms with E-state index in [1.54, 1.807) is 30.3 Å². The van der Waals surface area contributed by atoms with Gasteiger partial charge in [0.15, 0.2) is 0 Å². The second kappa shape index (κ2) is 12.2. The molecule has 1 aromatic heterocycles. The minimum Gasteiger partial charge on any atom is -0.390 e. The number of aliphatic hydroxyl groups excluding tert-OH is 1. The summed E-state index contributed by atoms with van der Waals surface area (Å²) in [6, 6.07) is 19.0. The lowest BCUT2D eigenvalue weighted by Crippen LogP contribution is -2.48. The molecule has 1 amide bonds. The van der Waals surface area contributed by atoms with Crippen LogP contribution in [-0.2, 0) is 19.4 Å². The summed E-state index contributed by atoms with van der Waals surface area (Å²) >= 11 is 6.06. The van der Waals surface area contributed by atoms with E-state index in [0.29, 0.717) is 22.6 Å². The Hall–Kier alpha value is -3.39. The Morgan fingerprint density at radius 1 is 0.973 bits per heavy atom. The lowest BCUT2D eigenvalue weighted by molar-refractivity contribution is 0.0825. The van der Waals surface area contributed by atoms with Crippen LogP contribution in [-0.4, -0.2) is 34.7 Å². The van der Waals surface area contributed by atoms with E-state index in [1.807, 2.05) is 12.1 Å². The van der Waals surface area contributed by atoms with E-state index in [4.69, 9.17) is 11.6 Å². The molecule has 8 heteroatoms. The van der Waals surface area contributed by atoms with Gasteiger partial charge in [-0.1, -0.05) is 54.9 Å². The van der Waals surface area contributed by atoms with Crippen molar-refractivity contribution in [2.75, 3.05) is 6.54 Å². The fraction of sp³-hybridized carbons (Fsp3) is 0.241. The lowest BCUT2D eigenvalue weighted by Gasteiger charge is -2.25. The van der Waals surface area contributed by atoms with Crippen molar-refractivity contribution < 1.29 is 18.7 Å². The Kier molecular flexibility index (Phi) is 8.82. The summed E-state index contributed by atoms with van der Waals surface area (Å²) in [4.78, 5) is 17.5. The van der Waals surface area contributed by atoms with Gasteiger partial charge < -0.3 is 15.7 Å². The van der Waals surface area contributed by atoms with Crippen molar-refractivity contribution in [2.24, 2.45) is 0 Å². The molecule has 0 aliphatic rings. The van der Waals surface area contributed by atoms with Crippen LogP contribution in [0.3, 0.4) is 0 Å². The van der Waals surface area contributed by atoms with E-state index in [-0.39, 0.29) is 18.7 Å². The number of aromatic nitrogens is 1. The highest BCUT2D eigenvalue weighted by atomic mass is 35.5. The molecule has 0 radical (unpaired) electrons. The molecule has 0 saturated heterocycles. The Morgan fingerprint density at radius 2 is 1.70 bits per heavy atom. The molecule has 4 rings (SSSR count). The molecular formula is C29H28ClF2N3O2. The molecule has 3 N–H and O–H groups in total. The maximum Gasteiger partial charge on any atom is 0.270 e. The zero-order chi connectivity index (χ0) is 26.4. The molecule has 1 heterocycles. The summed E-state index contributed by atoms with van der Waals surface area (Å²) in [6.45, 7) is 2.75. The number of fused-ring (bicyclic) bond motifs is 1. The number of rotatable bonds is 10. The highest BCUT2D eigenvalue weighted by Crippen LogP contribution is 2.18. The van der Waals surface area contributed by atoms with E-state index in [1.165, 1.54) is 17.7 Å². The third-order valence-corrected chi connectivity index (χ3v) is 6.36. The second-order valence-corrected chi connectivity index (χ2v) is 9.40. The molecule has 2 unspecified atom stereocenters. The van der Waals surface area contributed by atoms with Crippen LogP contribution in [0.25, 0.3) is 10.9 Å². The number of nitrogens with one attached hydrogen (secondary N) is 2. The summed E-state index contributed by atoms with van der Waals surface area (Å²) in [5, 5.41) is 18.3. The Morgan fingerprint density at radius 3 is 2.46 bits per heavy atom. The minimum absolute atomic E-state index is 0.0218. The van der Waals surface area contributed by atoms with Crippen LogP contribution in [0.1, 0.15) is 34.1 Å². The number of hydrogen-bond acceptors (Lipinski definition) is 4. The number of benzene rings is 3. The predicted molar refractivity (Wildman–Crippen MR) is 142 cm³/mol. The largest absolute Gasteiger partial charge is 0.390 e. The van der Waals surface area contributed by atoms with Crippen molar-refractivity contribution in [1.29, 1.82) is 0 Å². The van der Waals surface area contributed by atoms with Gasteiger partial charge in [-0.2, -0.15) is 0 Å². The van der Waals surface area contributed by atoms with Gasteiger partial charge in [-0.3, -0.25) is 4.79 Å². The maximum absolute atomic E-state index is 13.8. The fourth-order valence-corrected chi connectivity index (χ4v) is 4.36. The van der Waals surface area contributed by atoms with Crippen molar-refractivity contribution in [1.82, 2.24) is 15.6 Å². The molecule has 0 aliphatic carbocycles. The molecule has 0 bridgehead atoms. The van der Waals surface area contributed by atoms with Crippen molar-refractivity contribution in [3.63, 3.8) is 0 Å². The van der Waals surface area contributed by atoms with Crippen LogP contribution in [0, 0.1) is 11.6 Å². The quantitative estimate of drug-likeness (QED) is 0.266. The number of amides is 1. The van der Waals surface area contributed by atoms with E-state index < -0.39 is 29.7 Å². The Bertz CT molecular complexity index is 1380. The van der Waals surface area contributed by atoms with Crippen LogP contribution >= 0.6 is 11.6 Å². The minimum atomic E-state index is -1.04. The molecule has 0 saturated carbocycles. The summed E-state index contributed by atoms with van der Waals surface area (Å²) in [5.41, 5.74) is 3.29. The first-order valence-corrected chi connectivity index (χ1v) is 12.5. The summed E-state index contributed by atoms with van der Waals surface area (Å²) in [5.74, 6) is -1.97. The van der Waals surface area contributed by atoms with Crippen molar-refractivity contribution in [3.8, 4) is 0 Å².